The van der Waals surface area contributed by atoms with E-state index in [1.807, 2.05) is 24.3 Å². The fourth-order valence-corrected chi connectivity index (χ4v) is 1.72. The van der Waals surface area contributed by atoms with E-state index in [1.54, 1.807) is 0 Å². The Bertz CT molecular complexity index is 551. The average Bonchev–Trinajstić information content (AvgIpc) is 2.37. The minimum Gasteiger partial charge on any atom is -0.115 e. The predicted octanol–water partition coefficient (Wildman–Crippen LogP) is 3.54. The second-order valence-electron chi connectivity index (χ2n) is 4.21. The largest absolute Gasteiger partial charge is 0.115 e. The first-order valence-corrected chi connectivity index (χ1v) is 5.75. The standard InChI is InChI=1S/C17H14/c1-3-15-7-9-16(10-8-15)11-12-17-6-4-5-14(2)13-17/h1,4,6-10,13-14H,5H2,2H3. The summed E-state index contributed by atoms with van der Waals surface area (Å²) in [5.74, 6) is 9.51. The molecule has 1 aromatic carbocycles. The van der Waals surface area contributed by atoms with Gasteiger partial charge in [0.25, 0.3) is 0 Å². The molecule has 0 N–H and O–H groups in total. The van der Waals surface area contributed by atoms with Crippen molar-refractivity contribution in [3.8, 4) is 24.2 Å². The zero-order chi connectivity index (χ0) is 12.1. The second kappa shape index (κ2) is 5.24. The van der Waals surface area contributed by atoms with Crippen LogP contribution in [-0.4, -0.2) is 0 Å². The molecule has 0 nitrogen and oxygen atoms in total. The van der Waals surface area contributed by atoms with E-state index in [9.17, 15) is 0 Å². The Hall–Kier alpha value is -2.18. The fraction of sp³-hybridized carbons (Fsp3) is 0.176. The molecular formula is C17H14. The molecule has 0 amide bonds. The summed E-state index contributed by atoms with van der Waals surface area (Å²) in [5, 5.41) is 0. The van der Waals surface area contributed by atoms with Crippen molar-refractivity contribution in [2.45, 2.75) is 13.3 Å². The van der Waals surface area contributed by atoms with Gasteiger partial charge in [-0.3, -0.25) is 0 Å². The summed E-state index contributed by atoms with van der Waals surface area (Å²) in [4.78, 5) is 0. The van der Waals surface area contributed by atoms with Crippen LogP contribution in [0.1, 0.15) is 24.5 Å². The molecule has 0 heterocycles. The first-order valence-electron chi connectivity index (χ1n) is 5.75. The molecule has 0 heteroatoms. The average molecular weight is 218 g/mol. The maximum Gasteiger partial charge on any atom is 0.0249 e. The molecule has 0 radical (unpaired) electrons. The smallest absolute Gasteiger partial charge is 0.0249 e. The van der Waals surface area contributed by atoms with Crippen LogP contribution in [0, 0.1) is 30.1 Å². The van der Waals surface area contributed by atoms with E-state index < -0.39 is 0 Å². The molecule has 1 aliphatic rings. The first kappa shape index (κ1) is 11.3. The van der Waals surface area contributed by atoms with Crippen LogP contribution in [0.4, 0.5) is 0 Å². The topological polar surface area (TPSA) is 0 Å². The Morgan fingerprint density at radius 2 is 1.82 bits per heavy atom. The van der Waals surface area contributed by atoms with Gasteiger partial charge >= 0.3 is 0 Å². The minimum absolute atomic E-state index is 0.591. The van der Waals surface area contributed by atoms with Crippen LogP contribution in [0.25, 0.3) is 0 Å². The predicted molar refractivity (Wildman–Crippen MR) is 72.3 cm³/mol. The highest BCUT2D eigenvalue weighted by Crippen LogP contribution is 2.15. The second-order valence-corrected chi connectivity index (χ2v) is 4.21. The van der Waals surface area contributed by atoms with Crippen molar-refractivity contribution >= 4 is 0 Å². The van der Waals surface area contributed by atoms with Crippen LogP contribution < -0.4 is 0 Å². The Morgan fingerprint density at radius 1 is 1.12 bits per heavy atom. The van der Waals surface area contributed by atoms with Crippen molar-refractivity contribution in [1.82, 2.24) is 0 Å². The molecule has 1 atom stereocenters. The van der Waals surface area contributed by atoms with Crippen molar-refractivity contribution in [2.24, 2.45) is 5.92 Å². The Labute approximate surface area is 103 Å². The number of hydrogen-bond donors (Lipinski definition) is 0. The molecule has 0 spiro atoms. The highest BCUT2D eigenvalue weighted by Gasteiger charge is 2.01. The van der Waals surface area contributed by atoms with Crippen LogP contribution >= 0.6 is 0 Å². The highest BCUT2D eigenvalue weighted by molar-refractivity contribution is 5.47. The van der Waals surface area contributed by atoms with Crippen molar-refractivity contribution in [2.75, 3.05) is 0 Å². The number of rotatable bonds is 0. The summed E-state index contributed by atoms with van der Waals surface area (Å²) in [6.45, 7) is 2.20. The highest BCUT2D eigenvalue weighted by atomic mass is 14.1. The van der Waals surface area contributed by atoms with Gasteiger partial charge in [0.15, 0.2) is 0 Å². The third kappa shape index (κ3) is 3.13. The van der Waals surface area contributed by atoms with E-state index in [4.69, 9.17) is 6.42 Å². The lowest BCUT2D eigenvalue weighted by Gasteiger charge is -2.07. The molecule has 0 bridgehead atoms. The molecular weight excluding hydrogens is 204 g/mol. The number of benzene rings is 1. The molecule has 1 aliphatic carbocycles. The molecule has 0 fully saturated rings. The summed E-state index contributed by atoms with van der Waals surface area (Å²) in [7, 11) is 0. The molecule has 17 heavy (non-hydrogen) atoms. The van der Waals surface area contributed by atoms with Crippen molar-refractivity contribution in [3.63, 3.8) is 0 Å². The van der Waals surface area contributed by atoms with Gasteiger partial charge in [-0.05, 0) is 36.6 Å². The molecule has 0 aliphatic heterocycles. The van der Waals surface area contributed by atoms with Gasteiger partial charge in [0, 0.05) is 16.7 Å². The lowest BCUT2D eigenvalue weighted by molar-refractivity contribution is 0.733. The summed E-state index contributed by atoms with van der Waals surface area (Å²) in [6, 6.07) is 7.74. The molecule has 0 saturated carbocycles. The van der Waals surface area contributed by atoms with Crippen LogP contribution in [0.2, 0.25) is 0 Å². The zero-order valence-corrected chi connectivity index (χ0v) is 9.90. The SMILES string of the molecule is C#Cc1ccc(C#CC2=CC(C)CC=C2)cc1. The quantitative estimate of drug-likeness (QED) is 0.584. The van der Waals surface area contributed by atoms with E-state index in [1.165, 1.54) is 0 Å². The van der Waals surface area contributed by atoms with Crippen molar-refractivity contribution in [3.05, 3.63) is 59.2 Å². The van der Waals surface area contributed by atoms with Crippen molar-refractivity contribution in [1.29, 1.82) is 0 Å². The zero-order valence-electron chi connectivity index (χ0n) is 9.90. The Morgan fingerprint density at radius 3 is 2.47 bits per heavy atom. The normalized spacial score (nSPS) is 17.6. The minimum atomic E-state index is 0.591. The van der Waals surface area contributed by atoms with Crippen LogP contribution in [0.15, 0.2) is 48.1 Å². The van der Waals surface area contributed by atoms with Gasteiger partial charge in [-0.15, -0.1) is 6.42 Å². The number of hydrogen-bond acceptors (Lipinski definition) is 0. The number of terminal acetylenes is 1. The maximum absolute atomic E-state index is 5.30. The molecule has 1 unspecified atom stereocenters. The van der Waals surface area contributed by atoms with Gasteiger partial charge in [-0.25, -0.2) is 0 Å². The maximum atomic E-state index is 5.30. The molecule has 2 rings (SSSR count). The van der Waals surface area contributed by atoms with Gasteiger partial charge in [-0.2, -0.15) is 0 Å². The van der Waals surface area contributed by atoms with E-state index in [0.717, 1.165) is 23.1 Å². The van der Waals surface area contributed by atoms with Crippen LogP contribution in [0.5, 0.6) is 0 Å². The lowest BCUT2D eigenvalue weighted by Crippen LogP contribution is -1.93. The van der Waals surface area contributed by atoms with Crippen LogP contribution in [-0.2, 0) is 0 Å². The van der Waals surface area contributed by atoms with Gasteiger partial charge < -0.3 is 0 Å². The summed E-state index contributed by atoms with van der Waals surface area (Å²) in [6.07, 6.45) is 12.9. The third-order valence-electron chi connectivity index (χ3n) is 2.67. The summed E-state index contributed by atoms with van der Waals surface area (Å²) in [5.41, 5.74) is 2.99. The van der Waals surface area contributed by atoms with Crippen LogP contribution in [0.3, 0.4) is 0 Å². The molecule has 0 saturated heterocycles. The van der Waals surface area contributed by atoms with E-state index in [0.29, 0.717) is 5.92 Å². The van der Waals surface area contributed by atoms with Gasteiger partial charge in [0.05, 0.1) is 0 Å². The van der Waals surface area contributed by atoms with Gasteiger partial charge in [0.1, 0.15) is 0 Å². The Balaban J connectivity index is 2.16. The summed E-state index contributed by atoms with van der Waals surface area (Å²) >= 11 is 0. The third-order valence-corrected chi connectivity index (χ3v) is 2.67. The molecule has 82 valence electrons. The van der Waals surface area contributed by atoms with Gasteiger partial charge in [0.2, 0.25) is 0 Å². The Kier molecular flexibility index (Phi) is 3.49. The van der Waals surface area contributed by atoms with Crippen molar-refractivity contribution < 1.29 is 0 Å². The molecule has 0 aromatic heterocycles. The number of allylic oxidation sites excluding steroid dienone is 4. The van der Waals surface area contributed by atoms with E-state index >= 15 is 0 Å². The lowest BCUT2D eigenvalue weighted by atomic mass is 9.98. The van der Waals surface area contributed by atoms with Gasteiger partial charge in [-0.1, -0.05) is 42.9 Å². The monoisotopic (exact) mass is 218 g/mol. The summed E-state index contributed by atoms with van der Waals surface area (Å²) < 4.78 is 0. The first-order chi connectivity index (χ1) is 8.28. The van der Waals surface area contributed by atoms with E-state index in [2.05, 4.69) is 42.9 Å². The molecule has 1 aromatic rings. The van der Waals surface area contributed by atoms with E-state index in [-0.39, 0.29) is 0 Å². The fourth-order valence-electron chi connectivity index (χ4n) is 1.72.